The van der Waals surface area contributed by atoms with Gasteiger partial charge in [-0.1, -0.05) is 75.9 Å². The van der Waals surface area contributed by atoms with Gasteiger partial charge in [-0.3, -0.25) is 0 Å². The van der Waals surface area contributed by atoms with Gasteiger partial charge in [-0.15, -0.1) is 11.8 Å². The molecule has 134 valence electrons. The van der Waals surface area contributed by atoms with Crippen molar-refractivity contribution in [2.24, 2.45) is 15.4 Å². The Morgan fingerprint density at radius 2 is 1.83 bits per heavy atom. The second-order valence-corrected chi connectivity index (χ2v) is 7.96. The number of rotatable bonds is 8. The van der Waals surface area contributed by atoms with Crippen molar-refractivity contribution in [3.63, 3.8) is 0 Å². The Bertz CT molecular complexity index is 550. The number of allylic oxidation sites excluding steroid dienone is 5. The molecule has 0 bridgehead atoms. The van der Waals surface area contributed by atoms with Crippen LogP contribution in [-0.4, -0.2) is 17.1 Å². The van der Waals surface area contributed by atoms with Gasteiger partial charge >= 0.3 is 0 Å². The van der Waals surface area contributed by atoms with Crippen LogP contribution in [0.1, 0.15) is 54.4 Å². The Labute approximate surface area is 157 Å². The molecule has 0 aromatic carbocycles. The molecule has 0 N–H and O–H groups in total. The van der Waals surface area contributed by atoms with Crippen molar-refractivity contribution in [3.05, 3.63) is 46.9 Å². The monoisotopic (exact) mass is 364 g/mol. The van der Waals surface area contributed by atoms with Crippen LogP contribution in [0.15, 0.2) is 56.9 Å². The molecule has 0 atom stereocenters. The summed E-state index contributed by atoms with van der Waals surface area (Å²) in [5.74, 6) is 0. The summed E-state index contributed by atoms with van der Waals surface area (Å²) in [6.45, 7) is 16.6. The van der Waals surface area contributed by atoms with Gasteiger partial charge in [0, 0.05) is 16.0 Å². The molecule has 0 saturated carbocycles. The lowest BCUT2D eigenvalue weighted by Gasteiger charge is -2.14. The summed E-state index contributed by atoms with van der Waals surface area (Å²) in [4.78, 5) is 10.4. The molecule has 0 aromatic rings. The van der Waals surface area contributed by atoms with Gasteiger partial charge in [-0.2, -0.15) is 0 Å². The quantitative estimate of drug-likeness (QED) is 0.196. The van der Waals surface area contributed by atoms with E-state index in [1.807, 2.05) is 20.1 Å². The van der Waals surface area contributed by atoms with E-state index < -0.39 is 0 Å². The summed E-state index contributed by atoms with van der Waals surface area (Å²) in [5, 5.41) is 1.53. The number of nitrogens with zero attached hydrogens (tertiary/aromatic N) is 2. The van der Waals surface area contributed by atoms with Crippen molar-refractivity contribution in [2.75, 3.05) is 6.26 Å². The number of aliphatic imine (C=N–C) groups is 2. The Hall–Kier alpha value is -1.00. The van der Waals surface area contributed by atoms with Crippen LogP contribution < -0.4 is 0 Å². The van der Waals surface area contributed by atoms with Gasteiger partial charge in [0.1, 0.15) is 0 Å². The Balaban J connectivity index is 5.38. The smallest absolute Gasteiger partial charge is 0.193 e. The molecule has 0 heterocycles. The lowest BCUT2D eigenvalue weighted by atomic mass is 9.92. The maximum absolute atomic E-state index is 4.69. The van der Waals surface area contributed by atoms with E-state index in [4.69, 9.17) is 0 Å². The molecule has 24 heavy (non-hydrogen) atoms. The molecule has 4 heteroatoms. The Kier molecular flexibility index (Phi) is 11.9. The number of hydrogen-bond acceptors (Lipinski definition) is 3. The van der Waals surface area contributed by atoms with Crippen molar-refractivity contribution in [1.82, 2.24) is 0 Å². The van der Waals surface area contributed by atoms with Gasteiger partial charge in [-0.25, -0.2) is 9.98 Å². The van der Waals surface area contributed by atoms with Crippen LogP contribution in [-0.2, 0) is 0 Å². The van der Waals surface area contributed by atoms with Gasteiger partial charge in [0.15, 0.2) is 5.17 Å². The second kappa shape index (κ2) is 12.4. The first-order chi connectivity index (χ1) is 11.3. The van der Waals surface area contributed by atoms with Gasteiger partial charge < -0.3 is 0 Å². The van der Waals surface area contributed by atoms with Crippen molar-refractivity contribution in [2.45, 2.75) is 54.4 Å². The van der Waals surface area contributed by atoms with Crippen LogP contribution in [0.2, 0.25) is 0 Å². The molecule has 0 radical (unpaired) electrons. The summed E-state index contributed by atoms with van der Waals surface area (Å²) in [6.07, 6.45) is 14.8. The lowest BCUT2D eigenvalue weighted by molar-refractivity contribution is 0.625. The molecule has 0 aliphatic heterocycles. The van der Waals surface area contributed by atoms with Crippen molar-refractivity contribution in [1.29, 1.82) is 0 Å². The SMILES string of the molecule is C=C(N=C(N=C(C)CCC)SC(/C=C\C(C)(C)/C=C\C)=C/C)SC. The highest BCUT2D eigenvalue weighted by Crippen LogP contribution is 2.26. The van der Waals surface area contributed by atoms with Crippen LogP contribution in [0, 0.1) is 5.41 Å². The highest BCUT2D eigenvalue weighted by molar-refractivity contribution is 8.17. The van der Waals surface area contributed by atoms with Crippen LogP contribution >= 0.6 is 23.5 Å². The lowest BCUT2D eigenvalue weighted by Crippen LogP contribution is -2.02. The normalized spacial score (nSPS) is 14.9. The molecule has 0 saturated heterocycles. The van der Waals surface area contributed by atoms with E-state index in [9.17, 15) is 0 Å². The summed E-state index contributed by atoms with van der Waals surface area (Å²) < 4.78 is 0. The summed E-state index contributed by atoms with van der Waals surface area (Å²) in [7, 11) is 0. The predicted molar refractivity (Wildman–Crippen MR) is 117 cm³/mol. The third-order valence-electron chi connectivity index (χ3n) is 3.12. The number of thioether (sulfide) groups is 2. The van der Waals surface area contributed by atoms with Gasteiger partial charge in [-0.05, 0) is 33.4 Å². The van der Waals surface area contributed by atoms with Crippen molar-refractivity contribution in [3.8, 4) is 0 Å². The number of hydrogen-bond donors (Lipinski definition) is 0. The fraction of sp³-hybridized carbons (Fsp3) is 0.500. The van der Waals surface area contributed by atoms with E-state index in [1.165, 1.54) is 0 Å². The molecule has 0 aliphatic carbocycles. The van der Waals surface area contributed by atoms with Gasteiger partial charge in [0.05, 0.1) is 5.03 Å². The molecule has 0 amide bonds. The fourth-order valence-electron chi connectivity index (χ4n) is 1.88. The van der Waals surface area contributed by atoms with E-state index in [2.05, 4.69) is 74.6 Å². The first kappa shape index (κ1) is 23.0. The first-order valence-electron chi connectivity index (χ1n) is 8.31. The zero-order valence-electron chi connectivity index (χ0n) is 16.2. The van der Waals surface area contributed by atoms with Gasteiger partial charge in [0.2, 0.25) is 0 Å². The van der Waals surface area contributed by atoms with Crippen molar-refractivity contribution >= 4 is 34.4 Å². The molecule has 0 aromatic heterocycles. The van der Waals surface area contributed by atoms with Gasteiger partial charge in [0.25, 0.3) is 0 Å². The Morgan fingerprint density at radius 3 is 2.33 bits per heavy atom. The Morgan fingerprint density at radius 1 is 1.17 bits per heavy atom. The molecular weight excluding hydrogens is 332 g/mol. The molecule has 0 spiro atoms. The fourth-order valence-corrected chi connectivity index (χ4v) is 2.94. The third kappa shape index (κ3) is 10.7. The van der Waals surface area contributed by atoms with Crippen LogP contribution in [0.4, 0.5) is 0 Å². The average Bonchev–Trinajstić information content (AvgIpc) is 2.51. The minimum Gasteiger partial charge on any atom is -0.232 e. The minimum atomic E-state index is 0.0329. The van der Waals surface area contributed by atoms with Crippen molar-refractivity contribution < 1.29 is 0 Å². The topological polar surface area (TPSA) is 24.7 Å². The summed E-state index contributed by atoms with van der Waals surface area (Å²) in [6, 6.07) is 0. The van der Waals surface area contributed by atoms with E-state index in [-0.39, 0.29) is 5.41 Å². The standard InChI is InChI=1S/C20H32N2S2/c1-9-12-16(4)21-19(22-17(5)23-8)24-18(11-3)13-15-20(6,7)14-10-2/h10-11,13-15H,5,9,12H2,1-4,6-8H3/b14-10-,15-13-,18-11+,21-16?,22-19?. The maximum atomic E-state index is 4.69. The zero-order valence-corrected chi connectivity index (χ0v) is 17.9. The number of amidine groups is 1. The maximum Gasteiger partial charge on any atom is 0.193 e. The second-order valence-electron chi connectivity index (χ2n) is 6.04. The third-order valence-corrected chi connectivity index (χ3v) is 4.66. The molecule has 0 rings (SSSR count). The highest BCUT2D eigenvalue weighted by Gasteiger charge is 2.09. The molecule has 0 unspecified atom stereocenters. The summed E-state index contributed by atoms with van der Waals surface area (Å²) >= 11 is 3.13. The van der Waals surface area contributed by atoms with Crippen LogP contribution in [0.25, 0.3) is 0 Å². The highest BCUT2D eigenvalue weighted by atomic mass is 32.2. The zero-order chi connectivity index (χ0) is 18.6. The van der Waals surface area contributed by atoms with E-state index in [0.717, 1.165) is 33.7 Å². The molecule has 0 aliphatic rings. The van der Waals surface area contributed by atoms with E-state index in [1.54, 1.807) is 23.5 Å². The molecule has 0 fully saturated rings. The molecular formula is C20H32N2S2. The first-order valence-corrected chi connectivity index (χ1v) is 10.3. The largest absolute Gasteiger partial charge is 0.232 e. The average molecular weight is 365 g/mol. The minimum absolute atomic E-state index is 0.0329. The predicted octanol–water partition coefficient (Wildman–Crippen LogP) is 7.23. The van der Waals surface area contributed by atoms with Crippen LogP contribution in [0.3, 0.4) is 0 Å². The summed E-state index contributed by atoms with van der Waals surface area (Å²) in [5.41, 5.74) is 1.14. The molecule has 2 nitrogen and oxygen atoms in total. The van der Waals surface area contributed by atoms with E-state index in [0.29, 0.717) is 0 Å². The van der Waals surface area contributed by atoms with E-state index >= 15 is 0 Å². The van der Waals surface area contributed by atoms with Crippen LogP contribution in [0.5, 0.6) is 0 Å².